The average molecular weight is 265 g/mol. The molecule has 0 aromatic heterocycles. The Labute approximate surface area is 108 Å². The van der Waals surface area contributed by atoms with Gasteiger partial charge in [0.05, 0.1) is 6.04 Å². The molecule has 18 heavy (non-hydrogen) atoms. The number of nitrogens with one attached hydrogen (secondary N) is 1. The van der Waals surface area contributed by atoms with Gasteiger partial charge in [-0.1, -0.05) is 0 Å². The molecule has 1 aliphatic carbocycles. The largest absolute Gasteiger partial charge is 0.351 e. The third-order valence-corrected chi connectivity index (χ3v) is 3.45. The van der Waals surface area contributed by atoms with Crippen LogP contribution in [0.3, 0.4) is 0 Å². The predicted octanol–water partition coefficient (Wildman–Crippen LogP) is 2.80. The van der Waals surface area contributed by atoms with Gasteiger partial charge in [-0.05, 0) is 39.7 Å². The highest BCUT2D eigenvalue weighted by Crippen LogP contribution is 2.41. The van der Waals surface area contributed by atoms with Crippen LogP contribution in [0.5, 0.6) is 0 Å². The summed E-state index contributed by atoms with van der Waals surface area (Å²) < 4.78 is 37.4. The van der Waals surface area contributed by atoms with Crippen LogP contribution in [0.1, 0.15) is 39.5 Å². The van der Waals surface area contributed by atoms with Crippen LogP contribution in [0, 0.1) is 5.92 Å². The molecular weight excluding hydrogens is 240 g/mol. The minimum absolute atomic E-state index is 0.00382. The van der Waals surface area contributed by atoms with E-state index in [4.69, 9.17) is 9.47 Å². The lowest BCUT2D eigenvalue weighted by Gasteiger charge is -2.28. The van der Waals surface area contributed by atoms with E-state index in [1.54, 1.807) is 0 Å². The third kappa shape index (κ3) is 4.78. The Balaban J connectivity index is 2.49. The molecule has 0 aliphatic heterocycles. The summed E-state index contributed by atoms with van der Waals surface area (Å²) >= 11 is 0. The highest BCUT2D eigenvalue weighted by molar-refractivity contribution is 4.85. The molecule has 0 radical (unpaired) electrons. The molecule has 0 amide bonds. The van der Waals surface area contributed by atoms with Crippen molar-refractivity contribution in [1.29, 1.82) is 0 Å². The van der Waals surface area contributed by atoms with E-state index >= 15 is 0 Å². The van der Waals surface area contributed by atoms with E-state index in [2.05, 4.69) is 5.32 Å². The van der Waals surface area contributed by atoms with Gasteiger partial charge in [-0.15, -0.1) is 0 Å². The molecule has 0 aromatic carbocycles. The lowest BCUT2D eigenvalue weighted by atomic mass is 9.98. The molecule has 1 N–H and O–H groups in total. The number of rotatable bonds is 8. The number of likely N-dealkylation sites (N-methyl/N-ethyl adjacent to an activating group) is 1. The highest BCUT2D eigenvalue weighted by atomic mass is 19.3. The highest BCUT2D eigenvalue weighted by Gasteiger charge is 2.40. The first-order valence-electron chi connectivity index (χ1n) is 6.80. The Hall–Kier alpha value is -0.260. The summed E-state index contributed by atoms with van der Waals surface area (Å²) in [5, 5.41) is 3.13. The van der Waals surface area contributed by atoms with Gasteiger partial charge in [-0.2, -0.15) is 0 Å². The van der Waals surface area contributed by atoms with E-state index in [9.17, 15) is 8.78 Å². The van der Waals surface area contributed by atoms with Crippen LogP contribution in [0.4, 0.5) is 8.78 Å². The molecule has 1 rings (SSSR count). The van der Waals surface area contributed by atoms with Gasteiger partial charge in [-0.3, -0.25) is 0 Å². The van der Waals surface area contributed by atoms with Crippen molar-refractivity contribution >= 4 is 0 Å². The van der Waals surface area contributed by atoms with Crippen LogP contribution >= 0.6 is 0 Å². The van der Waals surface area contributed by atoms with Gasteiger partial charge in [0.15, 0.2) is 6.29 Å². The number of hydrogen-bond acceptors (Lipinski definition) is 3. The SMILES string of the molecule is CCOC(OCC)C(CC1CCC(F)(F)C1)NC. The maximum Gasteiger partial charge on any atom is 0.248 e. The quantitative estimate of drug-likeness (QED) is 0.685. The van der Waals surface area contributed by atoms with Crippen molar-refractivity contribution < 1.29 is 18.3 Å². The molecule has 1 saturated carbocycles. The Morgan fingerprint density at radius 1 is 1.28 bits per heavy atom. The van der Waals surface area contributed by atoms with Crippen molar-refractivity contribution in [2.75, 3.05) is 20.3 Å². The summed E-state index contributed by atoms with van der Waals surface area (Å²) in [6.45, 7) is 4.93. The molecule has 0 saturated heterocycles. The number of alkyl halides is 2. The second-order valence-electron chi connectivity index (χ2n) is 4.87. The summed E-state index contributed by atoms with van der Waals surface area (Å²) in [6, 6.07) is -0.0243. The monoisotopic (exact) mass is 265 g/mol. The van der Waals surface area contributed by atoms with E-state index in [0.29, 0.717) is 26.1 Å². The van der Waals surface area contributed by atoms with E-state index in [0.717, 1.165) is 0 Å². The molecule has 0 aromatic rings. The molecular formula is C13H25F2NO2. The lowest BCUT2D eigenvalue weighted by Crippen LogP contribution is -2.42. The Morgan fingerprint density at radius 2 is 1.89 bits per heavy atom. The first-order valence-corrected chi connectivity index (χ1v) is 6.80. The van der Waals surface area contributed by atoms with Crippen molar-refractivity contribution in [2.24, 2.45) is 5.92 Å². The minimum Gasteiger partial charge on any atom is -0.351 e. The summed E-state index contributed by atoms with van der Waals surface area (Å²) in [6.07, 6.45) is 0.935. The Kier molecular flexibility index (Phi) is 6.46. The molecule has 0 heterocycles. The third-order valence-electron chi connectivity index (χ3n) is 3.45. The number of halogens is 2. The van der Waals surface area contributed by atoms with Crippen LogP contribution in [0.2, 0.25) is 0 Å². The van der Waals surface area contributed by atoms with E-state index in [-0.39, 0.29) is 31.1 Å². The first-order chi connectivity index (χ1) is 8.52. The summed E-state index contributed by atoms with van der Waals surface area (Å²) in [7, 11) is 1.82. The number of ether oxygens (including phenoxy) is 2. The molecule has 1 fully saturated rings. The fraction of sp³-hybridized carbons (Fsp3) is 1.00. The summed E-state index contributed by atoms with van der Waals surface area (Å²) in [5.74, 6) is -2.42. The molecule has 108 valence electrons. The van der Waals surface area contributed by atoms with Gasteiger partial charge in [-0.25, -0.2) is 8.78 Å². The van der Waals surface area contributed by atoms with Crippen molar-refractivity contribution in [3.63, 3.8) is 0 Å². The van der Waals surface area contributed by atoms with E-state index in [1.165, 1.54) is 0 Å². The predicted molar refractivity (Wildman–Crippen MR) is 66.8 cm³/mol. The van der Waals surface area contributed by atoms with Gasteiger partial charge in [0.1, 0.15) is 0 Å². The Morgan fingerprint density at radius 3 is 2.28 bits per heavy atom. The minimum atomic E-state index is -2.48. The normalized spacial score (nSPS) is 24.7. The molecule has 5 heteroatoms. The Bertz CT molecular complexity index is 233. The van der Waals surface area contributed by atoms with E-state index < -0.39 is 5.92 Å². The van der Waals surface area contributed by atoms with Gasteiger partial charge in [0, 0.05) is 26.1 Å². The molecule has 2 atom stereocenters. The van der Waals surface area contributed by atoms with Gasteiger partial charge in [0.2, 0.25) is 5.92 Å². The van der Waals surface area contributed by atoms with Gasteiger partial charge >= 0.3 is 0 Å². The number of hydrogen-bond donors (Lipinski definition) is 1. The zero-order valence-electron chi connectivity index (χ0n) is 11.5. The second kappa shape index (κ2) is 7.36. The molecule has 0 bridgehead atoms. The van der Waals surface area contributed by atoms with Crippen molar-refractivity contribution in [2.45, 2.75) is 57.8 Å². The van der Waals surface area contributed by atoms with Crippen molar-refractivity contribution in [1.82, 2.24) is 5.32 Å². The van der Waals surface area contributed by atoms with Crippen LogP contribution < -0.4 is 5.32 Å². The molecule has 3 nitrogen and oxygen atoms in total. The lowest BCUT2D eigenvalue weighted by molar-refractivity contribution is -0.156. The van der Waals surface area contributed by atoms with Crippen LogP contribution in [-0.2, 0) is 9.47 Å². The van der Waals surface area contributed by atoms with Crippen LogP contribution in [0.25, 0.3) is 0 Å². The van der Waals surface area contributed by atoms with Gasteiger partial charge < -0.3 is 14.8 Å². The fourth-order valence-corrected chi connectivity index (χ4v) is 2.58. The maximum atomic E-state index is 13.2. The standard InChI is InChI=1S/C13H25F2NO2/c1-4-17-12(18-5-2)11(16-3)8-10-6-7-13(14,15)9-10/h10-12,16H,4-9H2,1-3H3. The summed E-state index contributed by atoms with van der Waals surface area (Å²) in [5.41, 5.74) is 0. The maximum absolute atomic E-state index is 13.2. The second-order valence-corrected chi connectivity index (χ2v) is 4.87. The first kappa shape index (κ1) is 15.8. The molecule has 0 spiro atoms. The van der Waals surface area contributed by atoms with Gasteiger partial charge in [0.25, 0.3) is 0 Å². The molecule has 1 aliphatic rings. The van der Waals surface area contributed by atoms with Crippen LogP contribution in [-0.4, -0.2) is 38.5 Å². The average Bonchev–Trinajstić information content (AvgIpc) is 2.65. The topological polar surface area (TPSA) is 30.5 Å². The zero-order chi connectivity index (χ0) is 13.6. The summed E-state index contributed by atoms with van der Waals surface area (Å²) in [4.78, 5) is 0. The zero-order valence-corrected chi connectivity index (χ0v) is 11.5. The van der Waals surface area contributed by atoms with Crippen molar-refractivity contribution in [3.05, 3.63) is 0 Å². The van der Waals surface area contributed by atoms with Crippen molar-refractivity contribution in [3.8, 4) is 0 Å². The molecule has 2 unspecified atom stereocenters. The fourth-order valence-electron chi connectivity index (χ4n) is 2.58. The van der Waals surface area contributed by atoms with E-state index in [1.807, 2.05) is 20.9 Å². The van der Waals surface area contributed by atoms with Crippen LogP contribution in [0.15, 0.2) is 0 Å². The smallest absolute Gasteiger partial charge is 0.248 e.